The highest BCUT2D eigenvalue weighted by Gasteiger charge is 2.27. The van der Waals surface area contributed by atoms with Crippen LogP contribution in [0.1, 0.15) is 19.4 Å². The highest BCUT2D eigenvalue weighted by Crippen LogP contribution is 2.29. The van der Waals surface area contributed by atoms with Crippen molar-refractivity contribution in [2.45, 2.75) is 31.2 Å². The fourth-order valence-corrected chi connectivity index (χ4v) is 2.68. The van der Waals surface area contributed by atoms with E-state index < -0.39 is 10.0 Å². The Morgan fingerprint density at radius 2 is 2.15 bits per heavy atom. The number of benzene rings is 1. The van der Waals surface area contributed by atoms with Gasteiger partial charge in [0.1, 0.15) is 12.4 Å². The Bertz CT molecular complexity index is 625. The fourth-order valence-electron chi connectivity index (χ4n) is 2.12. The normalized spacial score (nSPS) is 18.3. The minimum absolute atomic E-state index is 0.0322. The number of sulfonamides is 1. The van der Waals surface area contributed by atoms with Gasteiger partial charge in [0, 0.05) is 6.04 Å². The molecule has 1 aliphatic heterocycles. The van der Waals surface area contributed by atoms with Crippen LogP contribution in [-0.4, -0.2) is 27.0 Å². The van der Waals surface area contributed by atoms with E-state index in [2.05, 4.69) is 5.32 Å². The minimum Gasteiger partial charge on any atom is -0.492 e. The lowest BCUT2D eigenvalue weighted by atomic mass is 9.96. The molecule has 0 aliphatic carbocycles. The number of nitrogens with one attached hydrogen (secondary N) is 1. The average Bonchev–Trinajstić information content (AvgIpc) is 2.35. The first-order chi connectivity index (χ1) is 9.27. The molecular weight excluding hydrogens is 280 g/mol. The van der Waals surface area contributed by atoms with E-state index >= 15 is 0 Å². The Balaban J connectivity index is 2.22. The van der Waals surface area contributed by atoms with Gasteiger partial charge in [-0.05, 0) is 44.0 Å². The molecular formula is C13H18N2O4S. The summed E-state index contributed by atoms with van der Waals surface area (Å²) in [4.78, 5) is 12.0. The number of carbonyl (C=O) groups is 1. The molecule has 0 saturated heterocycles. The number of hydrogen-bond donors (Lipinski definition) is 2. The third kappa shape index (κ3) is 3.29. The number of nitrogens with two attached hydrogens (primary N) is 1. The van der Waals surface area contributed by atoms with Crippen molar-refractivity contribution in [2.24, 2.45) is 11.1 Å². The first-order valence-electron chi connectivity index (χ1n) is 6.36. The van der Waals surface area contributed by atoms with Gasteiger partial charge in [-0.2, -0.15) is 0 Å². The molecule has 1 unspecified atom stereocenters. The maximum atomic E-state index is 12.0. The standard InChI is InChI=1S/C13H18N2O4S/c1-8(2)15-13(16)10-5-9-6-11(20(14,17)18)3-4-12(9)19-7-10/h3-4,6,8,10H,5,7H2,1-2H3,(H,15,16)(H2,14,17,18). The summed E-state index contributed by atoms with van der Waals surface area (Å²) in [7, 11) is -3.75. The van der Waals surface area contributed by atoms with Crippen LogP contribution in [0.3, 0.4) is 0 Å². The Labute approximate surface area is 118 Å². The van der Waals surface area contributed by atoms with Crippen LogP contribution in [0, 0.1) is 5.92 Å². The molecule has 7 heteroatoms. The van der Waals surface area contributed by atoms with E-state index in [4.69, 9.17) is 9.88 Å². The van der Waals surface area contributed by atoms with Crippen molar-refractivity contribution in [3.63, 3.8) is 0 Å². The molecule has 1 heterocycles. The zero-order valence-corrected chi connectivity index (χ0v) is 12.2. The first-order valence-corrected chi connectivity index (χ1v) is 7.91. The van der Waals surface area contributed by atoms with Crippen LogP contribution in [0.2, 0.25) is 0 Å². The summed E-state index contributed by atoms with van der Waals surface area (Å²) < 4.78 is 28.2. The number of amides is 1. The minimum atomic E-state index is -3.75. The third-order valence-corrected chi connectivity index (χ3v) is 3.98. The van der Waals surface area contributed by atoms with Crippen molar-refractivity contribution in [3.8, 4) is 5.75 Å². The van der Waals surface area contributed by atoms with Gasteiger partial charge in [-0.25, -0.2) is 13.6 Å². The molecule has 110 valence electrons. The van der Waals surface area contributed by atoms with Gasteiger partial charge in [0.15, 0.2) is 0 Å². The molecule has 3 N–H and O–H groups in total. The molecule has 6 nitrogen and oxygen atoms in total. The monoisotopic (exact) mass is 298 g/mol. The van der Waals surface area contributed by atoms with Crippen LogP contribution in [0.25, 0.3) is 0 Å². The molecule has 2 rings (SSSR count). The fraction of sp³-hybridized carbons (Fsp3) is 0.462. The lowest BCUT2D eigenvalue weighted by molar-refractivity contribution is -0.126. The lowest BCUT2D eigenvalue weighted by Crippen LogP contribution is -2.40. The van der Waals surface area contributed by atoms with Crippen LogP contribution in [0.4, 0.5) is 0 Å². The smallest absolute Gasteiger partial charge is 0.238 e. The topological polar surface area (TPSA) is 98.5 Å². The summed E-state index contributed by atoms with van der Waals surface area (Å²) in [5, 5.41) is 7.93. The van der Waals surface area contributed by atoms with E-state index in [0.29, 0.717) is 24.3 Å². The molecule has 0 bridgehead atoms. The van der Waals surface area contributed by atoms with Gasteiger partial charge < -0.3 is 10.1 Å². The van der Waals surface area contributed by atoms with E-state index in [1.165, 1.54) is 12.1 Å². The molecule has 0 radical (unpaired) electrons. The summed E-state index contributed by atoms with van der Waals surface area (Å²) in [6.07, 6.45) is 0.442. The second-order valence-electron chi connectivity index (χ2n) is 5.19. The Kier molecular flexibility index (Phi) is 4.01. The van der Waals surface area contributed by atoms with Crippen molar-refractivity contribution < 1.29 is 17.9 Å². The maximum Gasteiger partial charge on any atom is 0.238 e. The average molecular weight is 298 g/mol. The molecule has 0 aromatic heterocycles. The SMILES string of the molecule is CC(C)NC(=O)C1COc2ccc(S(N)(=O)=O)cc2C1. The second-order valence-corrected chi connectivity index (χ2v) is 6.75. The van der Waals surface area contributed by atoms with Crippen molar-refractivity contribution >= 4 is 15.9 Å². The van der Waals surface area contributed by atoms with Crippen LogP contribution in [0.5, 0.6) is 5.75 Å². The van der Waals surface area contributed by atoms with E-state index in [9.17, 15) is 13.2 Å². The largest absolute Gasteiger partial charge is 0.492 e. The molecule has 0 spiro atoms. The lowest BCUT2D eigenvalue weighted by Gasteiger charge is -2.25. The molecule has 0 saturated carbocycles. The van der Waals surface area contributed by atoms with Gasteiger partial charge in [0.25, 0.3) is 0 Å². The third-order valence-electron chi connectivity index (χ3n) is 3.07. The number of primary sulfonamides is 1. The Morgan fingerprint density at radius 1 is 1.45 bits per heavy atom. The number of hydrogen-bond acceptors (Lipinski definition) is 4. The van der Waals surface area contributed by atoms with Crippen molar-refractivity contribution in [3.05, 3.63) is 23.8 Å². The summed E-state index contributed by atoms with van der Waals surface area (Å²) in [6.45, 7) is 4.06. The van der Waals surface area contributed by atoms with Gasteiger partial charge in [-0.3, -0.25) is 4.79 Å². The van der Waals surface area contributed by atoms with E-state index in [0.717, 1.165) is 0 Å². The van der Waals surface area contributed by atoms with Crippen molar-refractivity contribution in [2.75, 3.05) is 6.61 Å². The highest BCUT2D eigenvalue weighted by atomic mass is 32.2. The van der Waals surface area contributed by atoms with Crippen LogP contribution in [-0.2, 0) is 21.2 Å². The molecule has 1 aliphatic rings. The quantitative estimate of drug-likeness (QED) is 0.844. The molecule has 1 amide bonds. The number of fused-ring (bicyclic) bond motifs is 1. The second kappa shape index (κ2) is 5.41. The molecule has 1 aromatic rings. The van der Waals surface area contributed by atoms with E-state index in [1.807, 2.05) is 13.8 Å². The zero-order chi connectivity index (χ0) is 14.9. The van der Waals surface area contributed by atoms with E-state index in [-0.39, 0.29) is 22.8 Å². The highest BCUT2D eigenvalue weighted by molar-refractivity contribution is 7.89. The Hall–Kier alpha value is -1.60. The van der Waals surface area contributed by atoms with E-state index in [1.54, 1.807) is 6.07 Å². The van der Waals surface area contributed by atoms with Crippen LogP contribution in [0.15, 0.2) is 23.1 Å². The number of ether oxygens (including phenoxy) is 1. The molecule has 1 atom stereocenters. The predicted molar refractivity (Wildman–Crippen MR) is 73.8 cm³/mol. The van der Waals surface area contributed by atoms with Gasteiger partial charge >= 0.3 is 0 Å². The summed E-state index contributed by atoms with van der Waals surface area (Å²) in [5.41, 5.74) is 0.687. The predicted octanol–water partition coefficient (Wildman–Crippen LogP) is 0.410. The van der Waals surface area contributed by atoms with Crippen LogP contribution < -0.4 is 15.2 Å². The maximum absolute atomic E-state index is 12.0. The van der Waals surface area contributed by atoms with Crippen molar-refractivity contribution in [1.29, 1.82) is 0 Å². The van der Waals surface area contributed by atoms with Crippen molar-refractivity contribution in [1.82, 2.24) is 5.32 Å². The zero-order valence-electron chi connectivity index (χ0n) is 11.4. The van der Waals surface area contributed by atoms with Crippen LogP contribution >= 0.6 is 0 Å². The summed E-state index contributed by atoms with van der Waals surface area (Å²) in [5.74, 6) is 0.193. The number of rotatable bonds is 3. The van der Waals surface area contributed by atoms with Gasteiger partial charge in [-0.15, -0.1) is 0 Å². The molecule has 1 aromatic carbocycles. The molecule has 20 heavy (non-hydrogen) atoms. The van der Waals surface area contributed by atoms with Gasteiger partial charge in [-0.1, -0.05) is 0 Å². The van der Waals surface area contributed by atoms with Gasteiger partial charge in [0.05, 0.1) is 10.8 Å². The Morgan fingerprint density at radius 3 is 2.75 bits per heavy atom. The molecule has 0 fully saturated rings. The summed E-state index contributed by atoms with van der Waals surface area (Å²) >= 11 is 0. The number of carbonyl (C=O) groups excluding carboxylic acids is 1. The summed E-state index contributed by atoms with van der Waals surface area (Å²) in [6, 6.07) is 4.51. The van der Waals surface area contributed by atoms with Gasteiger partial charge in [0.2, 0.25) is 15.9 Å². The first kappa shape index (κ1) is 14.8.